The number of likely N-dealkylation sites (N-methyl/N-ethyl adjacent to an activating group) is 1. The van der Waals surface area contributed by atoms with Crippen LogP contribution in [0.25, 0.3) is 0 Å². The number of carbonyl (C=O) groups is 3. The van der Waals surface area contributed by atoms with E-state index in [2.05, 4.69) is 0 Å². The Morgan fingerprint density at radius 1 is 1.29 bits per heavy atom. The highest BCUT2D eigenvalue weighted by Crippen LogP contribution is 2.41. The molecule has 0 aliphatic carbocycles. The highest BCUT2D eigenvalue weighted by Gasteiger charge is 2.37. The number of hydrogen-bond donors (Lipinski definition) is 0. The van der Waals surface area contributed by atoms with Crippen LogP contribution in [-0.4, -0.2) is 67.9 Å². The molecule has 28 heavy (non-hydrogen) atoms. The molecular weight excluding hydrogens is 398 g/mol. The van der Waals surface area contributed by atoms with Crippen molar-refractivity contribution in [3.63, 3.8) is 0 Å². The molecule has 3 amide bonds. The van der Waals surface area contributed by atoms with Crippen molar-refractivity contribution < 1.29 is 19.1 Å². The Kier molecular flexibility index (Phi) is 5.22. The third-order valence-corrected chi connectivity index (χ3v) is 7.01. The van der Waals surface area contributed by atoms with Crippen LogP contribution in [0.1, 0.15) is 31.2 Å². The summed E-state index contributed by atoms with van der Waals surface area (Å²) < 4.78 is 5.15. The fourth-order valence-corrected chi connectivity index (χ4v) is 5.64. The number of fused-ring (bicyclic) bond motifs is 3. The van der Waals surface area contributed by atoms with Gasteiger partial charge >= 0.3 is 0 Å². The number of rotatable bonds is 4. The lowest BCUT2D eigenvalue weighted by Crippen LogP contribution is -2.39. The van der Waals surface area contributed by atoms with Crippen molar-refractivity contribution in [3.8, 4) is 0 Å². The summed E-state index contributed by atoms with van der Waals surface area (Å²) in [6.07, 6.45) is 0.614. The van der Waals surface area contributed by atoms with Gasteiger partial charge in [0.1, 0.15) is 11.5 Å². The zero-order chi connectivity index (χ0) is 19.8. The Hall–Kier alpha value is -2.23. The van der Waals surface area contributed by atoms with E-state index in [1.165, 1.54) is 27.6 Å². The third-order valence-electron chi connectivity index (χ3n) is 5.09. The van der Waals surface area contributed by atoms with Crippen LogP contribution in [0.4, 0.5) is 5.00 Å². The first-order chi connectivity index (χ1) is 13.5. The predicted molar refractivity (Wildman–Crippen MR) is 108 cm³/mol. The van der Waals surface area contributed by atoms with Crippen LogP contribution >= 0.6 is 22.7 Å². The first-order valence-corrected chi connectivity index (χ1v) is 10.8. The molecule has 0 N–H and O–H groups in total. The van der Waals surface area contributed by atoms with E-state index in [0.29, 0.717) is 48.8 Å². The van der Waals surface area contributed by atoms with E-state index in [1.807, 2.05) is 21.7 Å². The van der Waals surface area contributed by atoms with Crippen LogP contribution < -0.4 is 4.90 Å². The van der Waals surface area contributed by atoms with E-state index in [4.69, 9.17) is 4.74 Å². The summed E-state index contributed by atoms with van der Waals surface area (Å²) in [5.41, 5.74) is 2.29. The number of amides is 3. The Bertz CT molecular complexity index is 922. The van der Waals surface area contributed by atoms with Crippen molar-refractivity contribution in [2.75, 3.05) is 45.3 Å². The molecule has 0 unspecified atom stereocenters. The van der Waals surface area contributed by atoms with E-state index < -0.39 is 0 Å². The van der Waals surface area contributed by atoms with Crippen molar-refractivity contribution in [1.82, 2.24) is 9.80 Å². The maximum Gasteiger partial charge on any atom is 0.257 e. The lowest BCUT2D eigenvalue weighted by molar-refractivity contribution is -0.119. The van der Waals surface area contributed by atoms with Crippen LogP contribution in [0.3, 0.4) is 0 Å². The SMILES string of the molecule is COCCN1C(=O)CN(C)C(=O)c2c1sc1c2CCN(C(=O)c2ccsc2)C1. The summed E-state index contributed by atoms with van der Waals surface area (Å²) in [6.45, 7) is 1.88. The van der Waals surface area contributed by atoms with E-state index in [0.717, 1.165) is 10.4 Å². The van der Waals surface area contributed by atoms with E-state index >= 15 is 0 Å². The first-order valence-electron chi connectivity index (χ1n) is 9.02. The highest BCUT2D eigenvalue weighted by atomic mass is 32.1. The summed E-state index contributed by atoms with van der Waals surface area (Å²) in [4.78, 5) is 44.3. The number of methoxy groups -OCH3 is 1. The molecule has 0 saturated heterocycles. The van der Waals surface area contributed by atoms with Gasteiger partial charge in [0.15, 0.2) is 0 Å². The maximum absolute atomic E-state index is 13.0. The van der Waals surface area contributed by atoms with E-state index in [9.17, 15) is 14.4 Å². The van der Waals surface area contributed by atoms with Crippen molar-refractivity contribution >= 4 is 45.4 Å². The fourth-order valence-electron chi connectivity index (χ4n) is 3.61. The average molecular weight is 420 g/mol. The van der Waals surface area contributed by atoms with Crippen LogP contribution in [-0.2, 0) is 22.5 Å². The lowest BCUT2D eigenvalue weighted by Gasteiger charge is -2.27. The van der Waals surface area contributed by atoms with E-state index in [1.54, 1.807) is 19.1 Å². The molecule has 0 radical (unpaired) electrons. The monoisotopic (exact) mass is 419 g/mol. The Morgan fingerprint density at radius 3 is 2.82 bits per heavy atom. The summed E-state index contributed by atoms with van der Waals surface area (Å²) >= 11 is 2.95. The van der Waals surface area contributed by atoms with Gasteiger partial charge in [0.25, 0.3) is 11.8 Å². The number of nitrogens with zero attached hydrogens (tertiary/aromatic N) is 3. The Morgan fingerprint density at radius 2 is 2.11 bits per heavy atom. The maximum atomic E-state index is 13.0. The van der Waals surface area contributed by atoms with Crippen molar-refractivity contribution in [3.05, 3.63) is 38.4 Å². The molecule has 0 aromatic carbocycles. The molecule has 4 heterocycles. The number of ether oxygens (including phenoxy) is 1. The molecule has 2 aromatic rings. The summed E-state index contributed by atoms with van der Waals surface area (Å²) in [6, 6.07) is 1.83. The van der Waals surface area contributed by atoms with Gasteiger partial charge in [-0.2, -0.15) is 11.3 Å². The molecule has 0 saturated carbocycles. The third kappa shape index (κ3) is 3.23. The number of carbonyl (C=O) groups excluding carboxylic acids is 3. The van der Waals surface area contributed by atoms with Crippen LogP contribution in [0.15, 0.2) is 16.8 Å². The average Bonchev–Trinajstić information content (AvgIpc) is 3.32. The lowest BCUT2D eigenvalue weighted by atomic mass is 10.0. The molecule has 2 aromatic heterocycles. The van der Waals surface area contributed by atoms with Crippen LogP contribution in [0, 0.1) is 0 Å². The standard InChI is InChI=1S/C19H21N3O4S2/c1-20-10-15(23)22(6-7-26-2)19-16(18(20)25)13-3-5-21(9-14(13)28-19)17(24)12-4-8-27-11-12/h4,8,11H,3,5-7,9-10H2,1-2H3. The van der Waals surface area contributed by atoms with E-state index in [-0.39, 0.29) is 24.3 Å². The van der Waals surface area contributed by atoms with Crippen LogP contribution in [0.2, 0.25) is 0 Å². The van der Waals surface area contributed by atoms with Crippen LogP contribution in [0.5, 0.6) is 0 Å². The van der Waals surface area contributed by atoms with Gasteiger partial charge in [-0.1, -0.05) is 0 Å². The van der Waals surface area contributed by atoms with Gasteiger partial charge in [-0.15, -0.1) is 11.3 Å². The van der Waals surface area contributed by atoms with Gasteiger partial charge in [0.05, 0.1) is 30.8 Å². The first kappa shape index (κ1) is 19.1. The second-order valence-corrected chi connectivity index (χ2v) is 8.74. The molecule has 7 nitrogen and oxygen atoms in total. The summed E-state index contributed by atoms with van der Waals surface area (Å²) in [5.74, 6) is -0.235. The Labute approximate surface area is 171 Å². The van der Waals surface area contributed by atoms with Crippen molar-refractivity contribution in [1.29, 1.82) is 0 Å². The second-order valence-electron chi connectivity index (χ2n) is 6.87. The molecular formula is C19H21N3O4S2. The summed E-state index contributed by atoms with van der Waals surface area (Å²) in [7, 11) is 3.25. The number of thiophene rings is 2. The molecule has 4 rings (SSSR count). The van der Waals surface area contributed by atoms with Crippen molar-refractivity contribution in [2.45, 2.75) is 13.0 Å². The summed E-state index contributed by atoms with van der Waals surface area (Å²) in [5, 5.41) is 4.43. The predicted octanol–water partition coefficient (Wildman–Crippen LogP) is 2.07. The molecule has 9 heteroatoms. The minimum absolute atomic E-state index is 0.00579. The van der Waals surface area contributed by atoms with Gasteiger partial charge in [-0.3, -0.25) is 19.3 Å². The topological polar surface area (TPSA) is 70.2 Å². The molecule has 2 aliphatic heterocycles. The number of hydrogen-bond acceptors (Lipinski definition) is 6. The molecule has 0 spiro atoms. The Balaban J connectivity index is 1.70. The second kappa shape index (κ2) is 7.65. The zero-order valence-electron chi connectivity index (χ0n) is 15.8. The molecule has 0 fully saturated rings. The highest BCUT2D eigenvalue weighted by molar-refractivity contribution is 7.17. The van der Waals surface area contributed by atoms with Gasteiger partial charge in [0.2, 0.25) is 5.91 Å². The van der Waals surface area contributed by atoms with Gasteiger partial charge in [-0.25, -0.2) is 0 Å². The van der Waals surface area contributed by atoms with Gasteiger partial charge < -0.3 is 14.5 Å². The molecule has 0 bridgehead atoms. The van der Waals surface area contributed by atoms with Crippen molar-refractivity contribution in [2.24, 2.45) is 0 Å². The largest absolute Gasteiger partial charge is 0.383 e. The quantitative estimate of drug-likeness (QED) is 0.761. The molecule has 148 valence electrons. The smallest absolute Gasteiger partial charge is 0.257 e. The number of anilines is 1. The van der Waals surface area contributed by atoms with Gasteiger partial charge in [0, 0.05) is 31.0 Å². The molecule has 0 atom stereocenters. The minimum atomic E-state index is -0.127. The molecule has 2 aliphatic rings. The fraction of sp³-hybridized carbons (Fsp3) is 0.421. The van der Waals surface area contributed by atoms with Gasteiger partial charge in [-0.05, 0) is 23.4 Å². The zero-order valence-corrected chi connectivity index (χ0v) is 17.4. The minimum Gasteiger partial charge on any atom is -0.383 e. The normalized spacial score (nSPS) is 16.9.